The fourth-order valence-electron chi connectivity index (χ4n) is 2.00. The first-order valence-electron chi connectivity index (χ1n) is 5.95. The lowest BCUT2D eigenvalue weighted by molar-refractivity contribution is 0.488. The Morgan fingerprint density at radius 1 is 0.842 bits per heavy atom. The van der Waals surface area contributed by atoms with Gasteiger partial charge in [-0.2, -0.15) is 0 Å². The highest BCUT2D eigenvalue weighted by Crippen LogP contribution is 2.34. The molecule has 3 aromatic rings. The minimum atomic E-state index is 0.507. The summed E-state index contributed by atoms with van der Waals surface area (Å²) in [6, 6.07) is 19.2. The molecule has 3 rings (SSSR count). The van der Waals surface area contributed by atoms with E-state index in [1.807, 2.05) is 42.5 Å². The minimum Gasteiger partial charge on any atom is -0.455 e. The van der Waals surface area contributed by atoms with Gasteiger partial charge in [0, 0.05) is 11.1 Å². The third kappa shape index (κ3) is 2.35. The molecule has 0 amide bonds. The molecule has 0 aliphatic carbocycles. The summed E-state index contributed by atoms with van der Waals surface area (Å²) < 4.78 is 5.89. The van der Waals surface area contributed by atoms with Gasteiger partial charge in [-0.05, 0) is 29.7 Å². The molecule has 0 fully saturated rings. The molecule has 0 radical (unpaired) electrons. The van der Waals surface area contributed by atoms with Crippen LogP contribution in [0.3, 0.4) is 0 Å². The molecule has 0 bridgehead atoms. The lowest BCUT2D eigenvalue weighted by Crippen LogP contribution is -1.89. The standard InChI is InChI=1S/C16H12ClNO/c17-14-10-12(18)8-9-16(14)19-15-7-3-5-11-4-1-2-6-13(11)15/h1-10H,18H2. The molecule has 2 nitrogen and oxygen atoms in total. The molecule has 19 heavy (non-hydrogen) atoms. The van der Waals surface area contributed by atoms with E-state index in [2.05, 4.69) is 0 Å². The fourth-order valence-corrected chi connectivity index (χ4v) is 2.23. The Kier molecular flexibility index (Phi) is 3.02. The Balaban J connectivity index is 2.06. The van der Waals surface area contributed by atoms with E-state index in [4.69, 9.17) is 22.1 Å². The number of anilines is 1. The second kappa shape index (κ2) is 4.82. The van der Waals surface area contributed by atoms with Crippen LogP contribution in [0, 0.1) is 0 Å². The summed E-state index contributed by atoms with van der Waals surface area (Å²) in [6.07, 6.45) is 0. The summed E-state index contributed by atoms with van der Waals surface area (Å²) in [6.45, 7) is 0. The number of hydrogen-bond donors (Lipinski definition) is 1. The van der Waals surface area contributed by atoms with Crippen molar-refractivity contribution in [1.82, 2.24) is 0 Å². The van der Waals surface area contributed by atoms with Gasteiger partial charge in [0.05, 0.1) is 5.02 Å². The number of halogens is 1. The fraction of sp³-hybridized carbons (Fsp3) is 0. The second-order valence-electron chi connectivity index (χ2n) is 4.27. The van der Waals surface area contributed by atoms with Gasteiger partial charge in [-0.3, -0.25) is 0 Å². The van der Waals surface area contributed by atoms with Crippen LogP contribution < -0.4 is 10.5 Å². The molecule has 94 valence electrons. The van der Waals surface area contributed by atoms with E-state index >= 15 is 0 Å². The zero-order chi connectivity index (χ0) is 13.2. The molecule has 0 saturated heterocycles. The molecule has 0 atom stereocenters. The Labute approximate surface area is 116 Å². The van der Waals surface area contributed by atoms with Crippen molar-refractivity contribution in [3.8, 4) is 11.5 Å². The van der Waals surface area contributed by atoms with Gasteiger partial charge < -0.3 is 10.5 Å². The quantitative estimate of drug-likeness (QED) is 0.674. The summed E-state index contributed by atoms with van der Waals surface area (Å²) in [5, 5.41) is 2.69. The first-order valence-corrected chi connectivity index (χ1v) is 6.32. The van der Waals surface area contributed by atoms with Crippen molar-refractivity contribution in [2.45, 2.75) is 0 Å². The maximum absolute atomic E-state index is 6.13. The second-order valence-corrected chi connectivity index (χ2v) is 4.68. The average Bonchev–Trinajstić information content (AvgIpc) is 2.42. The van der Waals surface area contributed by atoms with Gasteiger partial charge in [0.25, 0.3) is 0 Å². The summed E-state index contributed by atoms with van der Waals surface area (Å²) >= 11 is 6.13. The van der Waals surface area contributed by atoms with Crippen molar-refractivity contribution in [1.29, 1.82) is 0 Å². The number of nitrogen functional groups attached to an aromatic ring is 1. The molecule has 2 N–H and O–H groups in total. The van der Waals surface area contributed by atoms with Crippen molar-refractivity contribution in [2.24, 2.45) is 0 Å². The molecular formula is C16H12ClNO. The van der Waals surface area contributed by atoms with Gasteiger partial charge in [-0.15, -0.1) is 0 Å². The third-order valence-corrected chi connectivity index (χ3v) is 3.22. The van der Waals surface area contributed by atoms with E-state index < -0.39 is 0 Å². The smallest absolute Gasteiger partial charge is 0.146 e. The maximum Gasteiger partial charge on any atom is 0.146 e. The van der Waals surface area contributed by atoms with Gasteiger partial charge in [0.15, 0.2) is 0 Å². The monoisotopic (exact) mass is 269 g/mol. The number of hydrogen-bond acceptors (Lipinski definition) is 2. The molecule has 0 saturated carbocycles. The first-order chi connectivity index (χ1) is 9.24. The average molecular weight is 270 g/mol. The summed E-state index contributed by atoms with van der Waals surface area (Å²) in [4.78, 5) is 0. The Bertz CT molecular complexity index is 734. The van der Waals surface area contributed by atoms with E-state index in [9.17, 15) is 0 Å². The number of fused-ring (bicyclic) bond motifs is 1. The summed E-state index contributed by atoms with van der Waals surface area (Å²) in [5.41, 5.74) is 6.29. The summed E-state index contributed by atoms with van der Waals surface area (Å²) in [5.74, 6) is 1.39. The Morgan fingerprint density at radius 3 is 2.47 bits per heavy atom. The van der Waals surface area contributed by atoms with E-state index in [0.29, 0.717) is 16.5 Å². The van der Waals surface area contributed by atoms with Crippen LogP contribution in [0.5, 0.6) is 11.5 Å². The van der Waals surface area contributed by atoms with Crippen LogP contribution in [0.25, 0.3) is 10.8 Å². The molecule has 0 heterocycles. The van der Waals surface area contributed by atoms with Crippen LogP contribution in [-0.4, -0.2) is 0 Å². The van der Waals surface area contributed by atoms with Crippen LogP contribution in [0.4, 0.5) is 5.69 Å². The number of rotatable bonds is 2. The lowest BCUT2D eigenvalue weighted by Gasteiger charge is -2.10. The van der Waals surface area contributed by atoms with Crippen LogP contribution in [0.15, 0.2) is 60.7 Å². The molecule has 3 heteroatoms. The molecular weight excluding hydrogens is 258 g/mol. The van der Waals surface area contributed by atoms with Crippen LogP contribution in [-0.2, 0) is 0 Å². The molecule has 3 aromatic carbocycles. The van der Waals surface area contributed by atoms with Gasteiger partial charge in [-0.25, -0.2) is 0 Å². The van der Waals surface area contributed by atoms with Crippen molar-refractivity contribution in [2.75, 3.05) is 5.73 Å². The summed E-state index contributed by atoms with van der Waals surface area (Å²) in [7, 11) is 0. The number of benzene rings is 3. The molecule has 0 aliphatic heterocycles. The van der Waals surface area contributed by atoms with Crippen molar-refractivity contribution >= 4 is 28.1 Å². The molecule has 0 spiro atoms. The Hall–Kier alpha value is -2.19. The molecule has 0 unspecified atom stereocenters. The zero-order valence-electron chi connectivity index (χ0n) is 10.1. The van der Waals surface area contributed by atoms with Gasteiger partial charge >= 0.3 is 0 Å². The topological polar surface area (TPSA) is 35.2 Å². The van der Waals surface area contributed by atoms with Crippen LogP contribution >= 0.6 is 11.6 Å². The van der Waals surface area contributed by atoms with E-state index in [1.54, 1.807) is 18.2 Å². The molecule has 0 aliphatic rings. The van der Waals surface area contributed by atoms with E-state index in [1.165, 1.54) is 0 Å². The third-order valence-electron chi connectivity index (χ3n) is 2.93. The minimum absolute atomic E-state index is 0.507. The maximum atomic E-state index is 6.13. The van der Waals surface area contributed by atoms with Gasteiger partial charge in [-0.1, -0.05) is 48.0 Å². The molecule has 0 aromatic heterocycles. The Morgan fingerprint density at radius 2 is 1.63 bits per heavy atom. The van der Waals surface area contributed by atoms with Crippen molar-refractivity contribution in [3.63, 3.8) is 0 Å². The SMILES string of the molecule is Nc1ccc(Oc2cccc3ccccc23)c(Cl)c1. The largest absolute Gasteiger partial charge is 0.455 e. The number of nitrogens with two attached hydrogens (primary N) is 1. The van der Waals surface area contributed by atoms with E-state index in [-0.39, 0.29) is 0 Å². The highest BCUT2D eigenvalue weighted by molar-refractivity contribution is 6.32. The van der Waals surface area contributed by atoms with Crippen molar-refractivity contribution in [3.05, 3.63) is 65.7 Å². The zero-order valence-corrected chi connectivity index (χ0v) is 10.9. The first kappa shape index (κ1) is 11.9. The van der Waals surface area contributed by atoms with E-state index in [0.717, 1.165) is 16.5 Å². The van der Waals surface area contributed by atoms with Crippen LogP contribution in [0.1, 0.15) is 0 Å². The van der Waals surface area contributed by atoms with Crippen molar-refractivity contribution < 1.29 is 4.74 Å². The van der Waals surface area contributed by atoms with Gasteiger partial charge in [0.2, 0.25) is 0 Å². The van der Waals surface area contributed by atoms with Gasteiger partial charge in [0.1, 0.15) is 11.5 Å². The predicted octanol–water partition coefficient (Wildman–Crippen LogP) is 4.87. The lowest BCUT2D eigenvalue weighted by atomic mass is 10.1. The highest BCUT2D eigenvalue weighted by atomic mass is 35.5. The van der Waals surface area contributed by atoms with Crippen LogP contribution in [0.2, 0.25) is 5.02 Å². The highest BCUT2D eigenvalue weighted by Gasteiger charge is 2.06. The normalized spacial score (nSPS) is 10.6. The predicted molar refractivity (Wildman–Crippen MR) is 79.9 cm³/mol. The number of ether oxygens (including phenoxy) is 1.